The lowest BCUT2D eigenvalue weighted by atomic mass is 10.0. The highest BCUT2D eigenvalue weighted by atomic mass is 19.1. The zero-order valence-electron chi connectivity index (χ0n) is 34.6. The van der Waals surface area contributed by atoms with Crippen molar-refractivity contribution < 1.29 is 28.0 Å². The highest BCUT2D eigenvalue weighted by Crippen LogP contribution is 2.36. The molecule has 308 valence electrons. The number of nitrogens with one attached hydrogen (secondary N) is 6. The summed E-state index contributed by atoms with van der Waals surface area (Å²) in [5.74, 6) is -1.67. The second-order valence-electron chi connectivity index (χ2n) is 14.3. The molecular weight excluding hydrogens is 743 g/mol. The number of hydrogen-bond acceptors (Lipinski definition) is 6. The molecule has 14 heteroatoms. The maximum absolute atomic E-state index is 13.7. The Morgan fingerprint density at radius 3 is 1.33 bits per heavy atom. The van der Waals surface area contributed by atoms with Crippen LogP contribution < -0.4 is 21.3 Å². The third kappa shape index (κ3) is 9.63. The molecule has 0 fully saturated rings. The van der Waals surface area contributed by atoms with Gasteiger partial charge in [-0.3, -0.25) is 19.2 Å². The van der Waals surface area contributed by atoms with E-state index >= 15 is 0 Å². The second kappa shape index (κ2) is 19.1. The molecule has 2 aliphatic rings. The summed E-state index contributed by atoms with van der Waals surface area (Å²) < 4.78 is 27.3. The van der Waals surface area contributed by atoms with Gasteiger partial charge in [-0.1, -0.05) is 27.7 Å². The average molecular weight is 797 g/mol. The fraction of sp³-hybridized carbons (Fsp3) is 0.364. The number of H-pyrrole nitrogens is 2. The molecule has 6 rings (SSSR count). The molecule has 0 bridgehead atoms. The summed E-state index contributed by atoms with van der Waals surface area (Å²) in [5.41, 5.74) is 8.41. The molecule has 0 aliphatic carbocycles. The van der Waals surface area contributed by atoms with Crippen LogP contribution in [0.5, 0.6) is 0 Å². The first-order valence-electron chi connectivity index (χ1n) is 19.8. The molecule has 0 atom stereocenters. The number of rotatable bonds is 14. The van der Waals surface area contributed by atoms with Crippen molar-refractivity contribution >= 4 is 58.3 Å². The first-order valence-corrected chi connectivity index (χ1v) is 19.8. The summed E-state index contributed by atoms with van der Waals surface area (Å²) in [6.45, 7) is 22.2. The van der Waals surface area contributed by atoms with E-state index in [1.807, 2.05) is 27.7 Å². The fourth-order valence-corrected chi connectivity index (χ4v) is 7.33. The van der Waals surface area contributed by atoms with Gasteiger partial charge in [0, 0.05) is 71.5 Å². The molecule has 4 heterocycles. The van der Waals surface area contributed by atoms with E-state index < -0.39 is 11.6 Å². The Balaban J connectivity index is 0.000000221. The van der Waals surface area contributed by atoms with Crippen LogP contribution in [0.4, 0.5) is 20.2 Å². The summed E-state index contributed by atoms with van der Waals surface area (Å²) in [6, 6.07) is 8.39. The van der Waals surface area contributed by atoms with Crippen LogP contribution >= 0.6 is 0 Å². The Morgan fingerprint density at radius 1 is 0.621 bits per heavy atom. The number of halogens is 2. The minimum Gasteiger partial charge on any atom is -0.358 e. The number of nitrogens with zero attached hydrogens (tertiary/aromatic N) is 2. The lowest BCUT2D eigenvalue weighted by Gasteiger charge is -2.18. The van der Waals surface area contributed by atoms with Gasteiger partial charge in [0.05, 0.1) is 22.3 Å². The van der Waals surface area contributed by atoms with E-state index in [4.69, 9.17) is 0 Å². The smallest absolute Gasteiger partial charge is 0.256 e. The topological polar surface area (TPSA) is 154 Å². The number of hydrogen-bond donors (Lipinski definition) is 6. The molecule has 4 aromatic rings. The number of aromatic nitrogens is 2. The molecule has 4 amide bonds. The number of likely N-dealkylation sites (N-methyl/N-ethyl adjacent to an activating group) is 2. The molecule has 6 N–H and O–H groups in total. The number of aryl methyl sites for hydroxylation is 2. The second-order valence-corrected chi connectivity index (χ2v) is 14.3. The Hall–Kier alpha value is -5.86. The minimum absolute atomic E-state index is 0.143. The predicted molar refractivity (Wildman–Crippen MR) is 227 cm³/mol. The van der Waals surface area contributed by atoms with Gasteiger partial charge in [0.15, 0.2) is 0 Å². The van der Waals surface area contributed by atoms with Crippen molar-refractivity contribution in [1.82, 2.24) is 30.4 Å². The van der Waals surface area contributed by atoms with Gasteiger partial charge in [0.1, 0.15) is 11.6 Å². The largest absolute Gasteiger partial charge is 0.358 e. The quantitative estimate of drug-likeness (QED) is 0.0785. The van der Waals surface area contributed by atoms with Crippen LogP contribution in [0, 0.1) is 39.3 Å². The maximum atomic E-state index is 13.7. The molecule has 2 aromatic carbocycles. The average Bonchev–Trinajstić information content (AvgIpc) is 3.87. The van der Waals surface area contributed by atoms with Crippen LogP contribution in [0.25, 0.3) is 23.3 Å². The van der Waals surface area contributed by atoms with Gasteiger partial charge in [0.2, 0.25) is 0 Å². The summed E-state index contributed by atoms with van der Waals surface area (Å²) >= 11 is 0. The van der Waals surface area contributed by atoms with E-state index in [9.17, 15) is 28.0 Å². The highest BCUT2D eigenvalue weighted by molar-refractivity contribution is 6.35. The summed E-state index contributed by atoms with van der Waals surface area (Å²) in [7, 11) is 0. The van der Waals surface area contributed by atoms with Crippen LogP contribution in [-0.4, -0.2) is 95.8 Å². The van der Waals surface area contributed by atoms with Crippen LogP contribution in [0.3, 0.4) is 0 Å². The van der Waals surface area contributed by atoms with Crippen LogP contribution in [0.1, 0.15) is 93.4 Å². The lowest BCUT2D eigenvalue weighted by Crippen LogP contribution is -2.35. The lowest BCUT2D eigenvalue weighted by molar-refractivity contribution is -0.111. The predicted octanol–water partition coefficient (Wildman–Crippen LogP) is 6.67. The number of carbonyl (C=O) groups is 4. The van der Waals surface area contributed by atoms with Crippen molar-refractivity contribution in [2.24, 2.45) is 0 Å². The number of amides is 4. The Kier molecular flexibility index (Phi) is 14.2. The number of fused-ring (bicyclic) bond motifs is 2. The molecular formula is C44H54F2N8O4. The van der Waals surface area contributed by atoms with Gasteiger partial charge in [-0.05, 0) is 114 Å². The normalized spacial score (nSPS) is 14.4. The SMILES string of the molecule is CCN(CC)CCNC(=O)c1c(C)[nH]c(/C=C2\C(=O)Nc3ccc(F)cc32)c1C.CCN(CC)CCNC(=O)c1c(C)[nH]c(/C=C2\C(=O)Nc3ccc(F)cc32)c1C. The van der Waals surface area contributed by atoms with E-state index in [-0.39, 0.29) is 23.6 Å². The van der Waals surface area contributed by atoms with E-state index in [1.165, 1.54) is 24.3 Å². The van der Waals surface area contributed by atoms with Gasteiger partial charge in [-0.15, -0.1) is 0 Å². The monoisotopic (exact) mass is 796 g/mol. The molecule has 0 saturated carbocycles. The Labute approximate surface area is 338 Å². The van der Waals surface area contributed by atoms with E-state index in [0.717, 1.165) is 61.8 Å². The highest BCUT2D eigenvalue weighted by Gasteiger charge is 2.28. The molecule has 0 spiro atoms. The molecule has 2 aliphatic heterocycles. The van der Waals surface area contributed by atoms with Crippen molar-refractivity contribution in [1.29, 1.82) is 0 Å². The van der Waals surface area contributed by atoms with Crippen molar-refractivity contribution in [3.8, 4) is 0 Å². The van der Waals surface area contributed by atoms with Crippen molar-refractivity contribution in [3.05, 3.63) is 104 Å². The van der Waals surface area contributed by atoms with Crippen LogP contribution in [-0.2, 0) is 9.59 Å². The van der Waals surface area contributed by atoms with Crippen molar-refractivity contribution in [2.45, 2.75) is 55.4 Å². The molecule has 2 aromatic heterocycles. The van der Waals surface area contributed by atoms with E-state index in [0.29, 0.717) is 69.3 Å². The Bertz CT molecular complexity index is 2100. The number of anilines is 2. The first kappa shape index (κ1) is 43.3. The van der Waals surface area contributed by atoms with E-state index in [1.54, 1.807) is 24.3 Å². The summed E-state index contributed by atoms with van der Waals surface area (Å²) in [6.07, 6.45) is 3.35. The molecule has 12 nitrogen and oxygen atoms in total. The third-order valence-electron chi connectivity index (χ3n) is 10.7. The summed E-state index contributed by atoms with van der Waals surface area (Å²) in [4.78, 5) is 60.9. The van der Waals surface area contributed by atoms with Gasteiger partial charge in [0.25, 0.3) is 23.6 Å². The van der Waals surface area contributed by atoms with Crippen molar-refractivity contribution in [3.63, 3.8) is 0 Å². The van der Waals surface area contributed by atoms with Gasteiger partial charge < -0.3 is 41.0 Å². The first-order chi connectivity index (χ1) is 27.7. The standard InChI is InChI=1S/2C22H27FN4O2/c2*1-5-27(6-2)10-9-24-22(29)20-13(3)19(25-14(20)4)12-17-16-11-15(23)7-8-18(16)26-21(17)28/h2*7-8,11-12,25H,5-6,9-10H2,1-4H3,(H,24,29)(H,26,28)/b2*17-12-. The number of aromatic amines is 2. The zero-order valence-corrected chi connectivity index (χ0v) is 34.6. The van der Waals surface area contributed by atoms with Gasteiger partial charge >= 0.3 is 0 Å². The minimum atomic E-state index is -0.404. The van der Waals surface area contributed by atoms with Crippen molar-refractivity contribution in [2.75, 3.05) is 63.0 Å². The third-order valence-corrected chi connectivity index (χ3v) is 10.7. The van der Waals surface area contributed by atoms with E-state index in [2.05, 4.69) is 68.7 Å². The molecule has 0 unspecified atom stereocenters. The number of benzene rings is 2. The maximum Gasteiger partial charge on any atom is 0.256 e. The van der Waals surface area contributed by atoms with Crippen LogP contribution in [0.2, 0.25) is 0 Å². The number of carbonyl (C=O) groups excluding carboxylic acids is 4. The van der Waals surface area contributed by atoms with Gasteiger partial charge in [-0.2, -0.15) is 0 Å². The van der Waals surface area contributed by atoms with Gasteiger partial charge in [-0.25, -0.2) is 8.78 Å². The summed E-state index contributed by atoms with van der Waals surface area (Å²) in [5, 5.41) is 11.4. The molecule has 58 heavy (non-hydrogen) atoms. The molecule has 0 radical (unpaired) electrons. The Morgan fingerprint density at radius 2 is 0.983 bits per heavy atom. The molecule has 0 saturated heterocycles. The zero-order chi connectivity index (χ0) is 42.3. The van der Waals surface area contributed by atoms with Crippen LogP contribution in [0.15, 0.2) is 36.4 Å². The fourth-order valence-electron chi connectivity index (χ4n) is 7.33.